The van der Waals surface area contributed by atoms with E-state index in [4.69, 9.17) is 53.1 Å². The molecule has 27 atom stereocenters. The molecule has 32 heteroatoms. The number of aliphatic hydroxyl groups is 15. The van der Waals surface area contributed by atoms with Crippen molar-refractivity contribution in [1.82, 2.24) is 15.3 Å². The van der Waals surface area contributed by atoms with Crippen LogP contribution in [0.1, 0.15) is 32.5 Å². The topological polar surface area (TPSA) is 517 Å². The quantitative estimate of drug-likeness (QED) is 0.0491. The Hall–Kier alpha value is -3.67. The van der Waals surface area contributed by atoms with Gasteiger partial charge in [-0.3, -0.25) is 4.79 Å². The smallest absolute Gasteiger partial charge is 0.364 e. The monoisotopic (exact) mass is 1150 g/mol. The third-order valence-electron chi connectivity index (χ3n) is 14.7. The van der Waals surface area contributed by atoms with E-state index in [1.807, 2.05) is 18.2 Å². The van der Waals surface area contributed by atoms with Gasteiger partial charge in [0, 0.05) is 25.7 Å². The number of aromatic amines is 1. The van der Waals surface area contributed by atoms with Gasteiger partial charge in [0.25, 0.3) is 5.79 Å². The van der Waals surface area contributed by atoms with Crippen LogP contribution in [0.3, 0.4) is 0 Å². The predicted molar refractivity (Wildman–Crippen MR) is 260 cm³/mol. The summed E-state index contributed by atoms with van der Waals surface area (Å²) in [6.07, 6.45) is -41.8. The molecule has 5 saturated heterocycles. The molecule has 7 rings (SSSR count). The maximum absolute atomic E-state index is 13.5. The van der Waals surface area contributed by atoms with E-state index in [0.717, 1.165) is 12.4 Å². The van der Waals surface area contributed by atoms with Crippen molar-refractivity contribution in [1.29, 1.82) is 0 Å². The average molecular weight is 1160 g/mol. The summed E-state index contributed by atoms with van der Waals surface area (Å²) in [5, 5.41) is 176. The molecule has 5 aliphatic rings. The lowest BCUT2D eigenvalue weighted by Crippen LogP contribution is -2.72. The molecule has 1 amide bonds. The Morgan fingerprint density at radius 3 is 1.99 bits per heavy atom. The minimum Gasteiger partial charge on any atom is -0.477 e. The molecule has 6 heterocycles. The summed E-state index contributed by atoms with van der Waals surface area (Å²) >= 11 is 0. The highest BCUT2D eigenvalue weighted by Gasteiger charge is 2.62. The average Bonchev–Trinajstić information content (AvgIpc) is 4.03. The molecule has 0 aliphatic carbocycles. The van der Waals surface area contributed by atoms with Gasteiger partial charge in [-0.1, -0.05) is 25.1 Å². The van der Waals surface area contributed by atoms with Crippen LogP contribution in [-0.2, 0) is 57.0 Å². The van der Waals surface area contributed by atoms with Crippen molar-refractivity contribution in [3.8, 4) is 0 Å². The van der Waals surface area contributed by atoms with Crippen molar-refractivity contribution in [3.63, 3.8) is 0 Å². The van der Waals surface area contributed by atoms with E-state index >= 15 is 0 Å². The minimum absolute atomic E-state index is 0.0646. The molecule has 5 aliphatic heterocycles. The van der Waals surface area contributed by atoms with Crippen LogP contribution in [0.25, 0.3) is 17.1 Å². The molecule has 454 valence electrons. The molecule has 0 radical (unpaired) electrons. The van der Waals surface area contributed by atoms with Crippen molar-refractivity contribution >= 4 is 29.0 Å². The number of aliphatic hydroxyl groups excluding tert-OH is 15. The molecule has 80 heavy (non-hydrogen) atoms. The number of ether oxygens (including phenoxy) is 10. The van der Waals surface area contributed by atoms with Gasteiger partial charge >= 0.3 is 5.97 Å². The number of amides is 1. The van der Waals surface area contributed by atoms with Crippen LogP contribution in [0.4, 0.5) is 0 Å². The summed E-state index contributed by atoms with van der Waals surface area (Å²) in [5.41, 5.74) is 8.04. The zero-order chi connectivity index (χ0) is 58.5. The van der Waals surface area contributed by atoms with Gasteiger partial charge in [0.2, 0.25) is 5.91 Å². The first-order chi connectivity index (χ1) is 38.0. The fourth-order valence-corrected chi connectivity index (χ4v) is 10.2. The third kappa shape index (κ3) is 13.9. The highest BCUT2D eigenvalue weighted by molar-refractivity contribution is 5.77. The van der Waals surface area contributed by atoms with Crippen molar-refractivity contribution in [2.24, 2.45) is 11.7 Å². The van der Waals surface area contributed by atoms with Crippen molar-refractivity contribution in [2.45, 2.75) is 186 Å². The second-order valence-electron chi connectivity index (χ2n) is 20.3. The Morgan fingerprint density at radius 1 is 0.762 bits per heavy atom. The number of aromatic nitrogens is 2. The molecule has 26 unspecified atom stereocenters. The number of nitrogens with zero attached hydrogens (tertiary/aromatic N) is 1. The van der Waals surface area contributed by atoms with E-state index < -0.39 is 216 Å². The van der Waals surface area contributed by atoms with Gasteiger partial charge in [-0.2, -0.15) is 0 Å². The van der Waals surface area contributed by atoms with Gasteiger partial charge in [0.15, 0.2) is 25.2 Å². The second-order valence-corrected chi connectivity index (χ2v) is 20.3. The number of rotatable bonds is 23. The summed E-state index contributed by atoms with van der Waals surface area (Å²) in [6.45, 7) is -2.74. The molecule has 1 aromatic carbocycles. The highest BCUT2D eigenvalue weighted by Crippen LogP contribution is 2.41. The number of nitrogens with one attached hydrogen (secondary N) is 2. The van der Waals surface area contributed by atoms with Gasteiger partial charge in [0.05, 0.1) is 87.2 Å². The molecule has 1 aromatic heterocycles. The first-order valence-electron chi connectivity index (χ1n) is 25.8. The summed E-state index contributed by atoms with van der Waals surface area (Å²) < 4.78 is 58.8. The predicted octanol–water partition coefficient (Wildman–Crippen LogP) is -8.97. The Balaban J connectivity index is 1.15. The number of carboxylic acids is 1. The first-order valence-corrected chi connectivity index (χ1v) is 25.8. The molecular formula is C48H74N4O28. The number of fused-ring (bicyclic) bond motifs is 1. The van der Waals surface area contributed by atoms with Crippen molar-refractivity contribution in [3.05, 3.63) is 36.2 Å². The third-order valence-corrected chi connectivity index (χ3v) is 14.7. The molecule has 0 spiro atoms. The normalized spacial score (nSPS) is 42.0. The molecule has 0 saturated carbocycles. The van der Waals surface area contributed by atoms with Crippen LogP contribution >= 0.6 is 0 Å². The number of para-hydroxylation sites is 2. The van der Waals surface area contributed by atoms with E-state index in [9.17, 15) is 91.3 Å². The van der Waals surface area contributed by atoms with Gasteiger partial charge in [-0.15, -0.1) is 0 Å². The number of imidazole rings is 1. The van der Waals surface area contributed by atoms with Gasteiger partial charge < -0.3 is 145 Å². The zero-order valence-corrected chi connectivity index (χ0v) is 43.2. The maximum Gasteiger partial charge on any atom is 0.364 e. The van der Waals surface area contributed by atoms with Crippen LogP contribution in [0.15, 0.2) is 30.3 Å². The fourth-order valence-electron chi connectivity index (χ4n) is 10.2. The highest BCUT2D eigenvalue weighted by atomic mass is 16.8. The van der Waals surface area contributed by atoms with E-state index in [1.165, 1.54) is 13.0 Å². The molecular weight excluding hydrogens is 1080 g/mol. The fraction of sp³-hybridized carbons (Fsp3) is 0.771. The lowest BCUT2D eigenvalue weighted by molar-refractivity contribution is -0.402. The number of H-pyrrole nitrogens is 1. The van der Waals surface area contributed by atoms with Crippen LogP contribution in [0, 0.1) is 5.92 Å². The summed E-state index contributed by atoms with van der Waals surface area (Å²) in [7, 11) is 0. The van der Waals surface area contributed by atoms with Crippen LogP contribution in [0.5, 0.6) is 0 Å². The number of carbonyl (C=O) groups is 2. The summed E-state index contributed by atoms with van der Waals surface area (Å²) in [6, 6.07) is 3.78. The van der Waals surface area contributed by atoms with E-state index in [0.29, 0.717) is 11.3 Å². The minimum atomic E-state index is -3.29. The van der Waals surface area contributed by atoms with Gasteiger partial charge in [0.1, 0.15) is 97.4 Å². The number of hydrogen-bond donors (Lipinski definition) is 19. The number of aliphatic carboxylic acids is 1. The Kier molecular flexibility index (Phi) is 22.2. The zero-order valence-electron chi connectivity index (χ0n) is 43.2. The number of nitrogens with two attached hydrogens (primary N) is 1. The number of carbonyl (C=O) groups excluding carboxylic acids is 1. The second kappa shape index (κ2) is 27.8. The number of hydrogen-bond acceptors (Lipinski definition) is 29. The summed E-state index contributed by atoms with van der Waals surface area (Å²) in [4.78, 5) is 33.3. The van der Waals surface area contributed by atoms with E-state index in [2.05, 4.69) is 15.3 Å². The van der Waals surface area contributed by atoms with Gasteiger partial charge in [-0.05, 0) is 18.2 Å². The molecule has 5 fully saturated rings. The number of carboxylic acid groups (broad SMARTS) is 1. The van der Waals surface area contributed by atoms with Crippen LogP contribution in [0.2, 0.25) is 0 Å². The van der Waals surface area contributed by atoms with E-state index in [-0.39, 0.29) is 13.0 Å². The molecule has 2 aromatic rings. The Morgan fingerprint density at radius 2 is 1.35 bits per heavy atom. The molecule has 0 bridgehead atoms. The maximum atomic E-state index is 13.5. The van der Waals surface area contributed by atoms with Gasteiger partial charge in [-0.25, -0.2) is 9.78 Å². The Bertz CT molecular complexity index is 2290. The largest absolute Gasteiger partial charge is 0.477 e. The number of benzene rings is 1. The van der Waals surface area contributed by atoms with Crippen LogP contribution < -0.4 is 11.1 Å². The first kappa shape index (κ1) is 63.9. The van der Waals surface area contributed by atoms with Crippen LogP contribution in [-0.4, -0.2) is 302 Å². The van der Waals surface area contributed by atoms with Crippen molar-refractivity contribution in [2.75, 3.05) is 39.6 Å². The SMILES string of the molecule is CC(=O)NC1C(O)CC(OC2C(O)C(OC3C(CO)OC(OCC[C@H](O)C=Cc4nc5ccccc5[nH]4)C(O)C3O)OC(CO)C2OC2OC(CO)C(O)C(OC3OC(CO)C(C)C(O)C3O)C2N)(C(=O)O)OC1C(O)C(O)CO. The van der Waals surface area contributed by atoms with E-state index in [1.54, 1.807) is 12.1 Å². The Labute approximate surface area is 455 Å². The molecule has 32 nitrogen and oxygen atoms in total. The molecule has 20 N–H and O–H groups in total. The summed E-state index contributed by atoms with van der Waals surface area (Å²) in [5.74, 6) is -6.59. The lowest BCUT2D eigenvalue weighted by atomic mass is 9.88. The van der Waals surface area contributed by atoms with Crippen molar-refractivity contribution < 1.29 is 139 Å². The standard InChI is InChI=1S/C48H74N4O28/c1-17-24(13-54)72-45(35(66)31(17)62)78-40-29(49)43(73-25(14-55)33(40)64)77-39-27(16-57)75-46(37(68)42(39)80-48(47(69)70)11-22(60)30(50-18(2)58)41(79-48)32(63)23(61)12-53)76-38-26(15-56)74-44(36(67)34(38)65)71-10-9-19(59)7-8-28-51-20-5-3-4-6-21(20)52-28/h3-8,17,19,22-27,29-46,53-57,59-68H,9-16,49H2,1-2H3,(H,50,58)(H,51,52)(H,69,70)/t17?,19-,22?,23?,24?,25?,26?,27?,29?,30?,31?,32?,33?,34?,35?,36?,37?,38?,39?,40?,41?,42?,43?,44?,45?,46?,48?/m1/s1. The lowest BCUT2D eigenvalue weighted by Gasteiger charge is -2.52.